The molecular formula is C13H9N5O2. The van der Waals surface area contributed by atoms with Crippen LogP contribution in [-0.4, -0.2) is 26.8 Å². The largest absolute Gasteiger partial charge is 0.506 e. The molecule has 0 saturated carbocycles. The Morgan fingerprint density at radius 2 is 1.75 bits per heavy atom. The fraction of sp³-hybridized carbons (Fsp3) is 0. The maximum Gasteiger partial charge on any atom is 0.156 e. The van der Waals surface area contributed by atoms with Crippen LogP contribution in [-0.2, 0) is 0 Å². The smallest absolute Gasteiger partial charge is 0.156 e. The molecule has 0 unspecified atom stereocenters. The SMILES string of the molecule is O=Cc1ccc(N=Nc2ccc(O)c3n[nH]nc23)cc1. The van der Waals surface area contributed by atoms with Gasteiger partial charge in [-0.05, 0) is 36.4 Å². The normalized spacial score (nSPS) is 11.2. The molecule has 1 aromatic heterocycles. The number of nitrogens with one attached hydrogen (secondary N) is 1. The summed E-state index contributed by atoms with van der Waals surface area (Å²) < 4.78 is 0. The van der Waals surface area contributed by atoms with Crippen molar-refractivity contribution in [3.63, 3.8) is 0 Å². The van der Waals surface area contributed by atoms with Crippen LogP contribution in [0, 0.1) is 0 Å². The first-order chi connectivity index (χ1) is 9.78. The Kier molecular flexibility index (Phi) is 2.92. The van der Waals surface area contributed by atoms with Crippen LogP contribution in [0.1, 0.15) is 10.4 Å². The van der Waals surface area contributed by atoms with Crippen molar-refractivity contribution in [1.82, 2.24) is 15.4 Å². The van der Waals surface area contributed by atoms with Gasteiger partial charge in [0.15, 0.2) is 5.52 Å². The van der Waals surface area contributed by atoms with Crippen molar-refractivity contribution in [1.29, 1.82) is 0 Å². The number of phenols is 1. The third-order valence-corrected chi connectivity index (χ3v) is 2.73. The maximum atomic E-state index is 10.5. The zero-order valence-corrected chi connectivity index (χ0v) is 10.2. The molecule has 0 amide bonds. The van der Waals surface area contributed by atoms with Crippen molar-refractivity contribution in [2.75, 3.05) is 0 Å². The standard InChI is InChI=1S/C13H9N5O2/c19-7-8-1-3-9(4-2-8)14-15-10-5-6-11(20)13-12(10)16-18-17-13/h1-7,20H,(H,16,17,18). The molecule has 0 aliphatic heterocycles. The Balaban J connectivity index is 1.95. The van der Waals surface area contributed by atoms with Crippen molar-refractivity contribution in [3.05, 3.63) is 42.0 Å². The Morgan fingerprint density at radius 1 is 1.00 bits per heavy atom. The number of nitrogens with zero attached hydrogens (tertiary/aromatic N) is 4. The van der Waals surface area contributed by atoms with Gasteiger partial charge in [0.1, 0.15) is 23.2 Å². The van der Waals surface area contributed by atoms with E-state index in [1.807, 2.05) is 0 Å². The summed E-state index contributed by atoms with van der Waals surface area (Å²) in [6.45, 7) is 0. The van der Waals surface area contributed by atoms with Crippen molar-refractivity contribution in [2.24, 2.45) is 10.2 Å². The molecule has 0 aliphatic rings. The molecule has 0 radical (unpaired) electrons. The third kappa shape index (κ3) is 2.12. The molecule has 7 heteroatoms. The summed E-state index contributed by atoms with van der Waals surface area (Å²) in [5.74, 6) is 0.0306. The van der Waals surface area contributed by atoms with Crippen LogP contribution in [0.5, 0.6) is 5.75 Å². The van der Waals surface area contributed by atoms with Crippen LogP contribution >= 0.6 is 0 Å². The van der Waals surface area contributed by atoms with E-state index in [9.17, 15) is 9.90 Å². The van der Waals surface area contributed by atoms with Gasteiger partial charge < -0.3 is 5.11 Å². The number of aromatic amines is 1. The van der Waals surface area contributed by atoms with E-state index in [2.05, 4.69) is 25.6 Å². The number of aldehydes is 1. The Bertz CT molecular complexity index is 792. The fourth-order valence-corrected chi connectivity index (χ4v) is 1.72. The molecule has 0 atom stereocenters. The molecule has 98 valence electrons. The zero-order chi connectivity index (χ0) is 13.9. The average Bonchev–Trinajstić information content (AvgIpc) is 2.98. The van der Waals surface area contributed by atoms with Crippen LogP contribution in [0.2, 0.25) is 0 Å². The number of hydrogen-bond acceptors (Lipinski definition) is 6. The van der Waals surface area contributed by atoms with Crippen molar-refractivity contribution < 1.29 is 9.90 Å². The fourth-order valence-electron chi connectivity index (χ4n) is 1.72. The second kappa shape index (κ2) is 4.88. The molecule has 2 N–H and O–H groups in total. The van der Waals surface area contributed by atoms with Crippen LogP contribution in [0.25, 0.3) is 11.0 Å². The van der Waals surface area contributed by atoms with Crippen molar-refractivity contribution in [2.45, 2.75) is 0 Å². The molecule has 20 heavy (non-hydrogen) atoms. The molecule has 7 nitrogen and oxygen atoms in total. The summed E-state index contributed by atoms with van der Waals surface area (Å²) in [7, 11) is 0. The number of H-pyrrole nitrogens is 1. The summed E-state index contributed by atoms with van der Waals surface area (Å²) in [6, 6.07) is 9.77. The molecule has 0 aliphatic carbocycles. The van der Waals surface area contributed by atoms with E-state index in [-0.39, 0.29) is 5.75 Å². The summed E-state index contributed by atoms with van der Waals surface area (Å²) in [5.41, 5.74) is 2.47. The number of carbonyl (C=O) groups excluding carboxylic acids is 1. The number of benzene rings is 2. The number of aromatic nitrogens is 3. The number of carbonyl (C=O) groups is 1. The summed E-state index contributed by atoms with van der Waals surface area (Å²) in [4.78, 5) is 10.5. The monoisotopic (exact) mass is 267 g/mol. The van der Waals surface area contributed by atoms with Gasteiger partial charge in [-0.2, -0.15) is 20.5 Å². The van der Waals surface area contributed by atoms with Gasteiger partial charge in [0.05, 0.1) is 5.69 Å². The second-order valence-corrected chi connectivity index (χ2v) is 4.03. The van der Waals surface area contributed by atoms with Gasteiger partial charge in [-0.15, -0.1) is 5.11 Å². The lowest BCUT2D eigenvalue weighted by molar-refractivity contribution is 0.112. The molecule has 0 fully saturated rings. The number of hydrogen-bond donors (Lipinski definition) is 2. The molecule has 1 heterocycles. The van der Waals surface area contributed by atoms with Gasteiger partial charge in [0.2, 0.25) is 0 Å². The lowest BCUT2D eigenvalue weighted by atomic mass is 10.2. The van der Waals surface area contributed by atoms with Crippen LogP contribution in [0.3, 0.4) is 0 Å². The molecule has 3 rings (SSSR count). The molecule has 2 aromatic carbocycles. The highest BCUT2D eigenvalue weighted by molar-refractivity contribution is 5.89. The van der Waals surface area contributed by atoms with E-state index in [4.69, 9.17) is 0 Å². The number of aromatic hydroxyl groups is 1. The first-order valence-electron chi connectivity index (χ1n) is 5.77. The quantitative estimate of drug-likeness (QED) is 0.562. The minimum absolute atomic E-state index is 0.0306. The lowest BCUT2D eigenvalue weighted by Crippen LogP contribution is -1.76. The first kappa shape index (κ1) is 12.0. The van der Waals surface area contributed by atoms with Crippen molar-refractivity contribution in [3.8, 4) is 5.75 Å². The topological polar surface area (TPSA) is 104 Å². The second-order valence-electron chi connectivity index (χ2n) is 4.03. The predicted molar refractivity (Wildman–Crippen MR) is 71.6 cm³/mol. The minimum atomic E-state index is 0.0306. The van der Waals surface area contributed by atoms with E-state index >= 15 is 0 Å². The first-order valence-corrected chi connectivity index (χ1v) is 5.77. The zero-order valence-electron chi connectivity index (χ0n) is 10.2. The van der Waals surface area contributed by atoms with E-state index in [1.54, 1.807) is 30.3 Å². The number of rotatable bonds is 3. The van der Waals surface area contributed by atoms with Crippen molar-refractivity contribution >= 4 is 28.7 Å². The average molecular weight is 267 g/mol. The van der Waals surface area contributed by atoms with E-state index in [1.165, 1.54) is 6.07 Å². The molecule has 0 spiro atoms. The van der Waals surface area contributed by atoms with Crippen LogP contribution in [0.4, 0.5) is 11.4 Å². The third-order valence-electron chi connectivity index (χ3n) is 2.73. The van der Waals surface area contributed by atoms with Gasteiger partial charge >= 0.3 is 0 Å². The number of phenolic OH excluding ortho intramolecular Hbond substituents is 1. The van der Waals surface area contributed by atoms with Gasteiger partial charge in [0, 0.05) is 5.56 Å². The van der Waals surface area contributed by atoms with Crippen LogP contribution in [0.15, 0.2) is 46.6 Å². The van der Waals surface area contributed by atoms with Gasteiger partial charge in [-0.1, -0.05) is 0 Å². The van der Waals surface area contributed by atoms with E-state index in [0.717, 1.165) is 6.29 Å². The Hall–Kier alpha value is -3.09. The Morgan fingerprint density at radius 3 is 2.50 bits per heavy atom. The minimum Gasteiger partial charge on any atom is -0.506 e. The number of azo groups is 1. The summed E-state index contributed by atoms with van der Waals surface area (Å²) >= 11 is 0. The molecule has 3 aromatic rings. The van der Waals surface area contributed by atoms with Gasteiger partial charge in [0.25, 0.3) is 0 Å². The number of fused-ring (bicyclic) bond motifs is 1. The van der Waals surface area contributed by atoms with Crippen LogP contribution < -0.4 is 0 Å². The molecular weight excluding hydrogens is 258 g/mol. The van der Waals surface area contributed by atoms with Gasteiger partial charge in [-0.25, -0.2) is 0 Å². The highest BCUT2D eigenvalue weighted by atomic mass is 16.3. The van der Waals surface area contributed by atoms with E-state index in [0.29, 0.717) is 28.0 Å². The predicted octanol–water partition coefficient (Wildman–Crippen LogP) is 2.89. The summed E-state index contributed by atoms with van der Waals surface area (Å²) in [6.07, 6.45) is 0.764. The van der Waals surface area contributed by atoms with Gasteiger partial charge in [-0.3, -0.25) is 4.79 Å². The molecule has 0 bridgehead atoms. The van der Waals surface area contributed by atoms with E-state index < -0.39 is 0 Å². The lowest BCUT2D eigenvalue weighted by Gasteiger charge is -1.96. The molecule has 0 saturated heterocycles. The highest BCUT2D eigenvalue weighted by Gasteiger charge is 2.08. The Labute approximate surface area is 113 Å². The maximum absolute atomic E-state index is 10.5. The highest BCUT2D eigenvalue weighted by Crippen LogP contribution is 2.30. The summed E-state index contributed by atoms with van der Waals surface area (Å²) in [5, 5.41) is 27.9.